The topological polar surface area (TPSA) is 84.4 Å². The number of aromatic nitrogens is 2. The second-order valence-corrected chi connectivity index (χ2v) is 7.77. The summed E-state index contributed by atoms with van der Waals surface area (Å²) in [5, 5.41) is 6.96. The van der Waals surface area contributed by atoms with Gasteiger partial charge in [-0.05, 0) is 61.8 Å². The Morgan fingerprint density at radius 3 is 2.89 bits per heavy atom. The van der Waals surface area contributed by atoms with Crippen LogP contribution in [0.1, 0.15) is 46.3 Å². The van der Waals surface area contributed by atoms with E-state index in [1.165, 1.54) is 0 Å². The zero-order valence-electron chi connectivity index (χ0n) is 16.5. The van der Waals surface area contributed by atoms with Crippen molar-refractivity contribution in [3.63, 3.8) is 0 Å². The summed E-state index contributed by atoms with van der Waals surface area (Å²) in [6.45, 7) is 6.96. The number of benzene rings is 1. The van der Waals surface area contributed by atoms with Crippen molar-refractivity contribution in [2.45, 2.75) is 46.1 Å². The Morgan fingerprint density at radius 2 is 2.18 bits per heavy atom. The molecule has 0 saturated carbocycles. The number of carbonyl (C=O) groups is 2. The van der Waals surface area contributed by atoms with E-state index in [1.54, 1.807) is 4.90 Å². The van der Waals surface area contributed by atoms with Crippen LogP contribution in [0.4, 0.5) is 5.69 Å². The average molecular weight is 403 g/mol. The van der Waals surface area contributed by atoms with Gasteiger partial charge in [0.2, 0.25) is 5.91 Å². The molecule has 1 N–H and O–H groups in total. The molecular formula is C20H26N4O3S. The molecule has 2 heterocycles. The molecular weight excluding hydrogens is 376 g/mol. The van der Waals surface area contributed by atoms with E-state index in [2.05, 4.69) is 14.9 Å². The van der Waals surface area contributed by atoms with Crippen molar-refractivity contribution < 1.29 is 14.3 Å². The first kappa shape index (κ1) is 20.4. The van der Waals surface area contributed by atoms with Gasteiger partial charge in [-0.2, -0.15) is 0 Å². The van der Waals surface area contributed by atoms with E-state index in [0.29, 0.717) is 30.1 Å². The Hall–Kier alpha value is -2.32. The Kier molecular flexibility index (Phi) is 6.74. The molecule has 28 heavy (non-hydrogen) atoms. The molecule has 8 heteroatoms. The molecule has 0 aliphatic carbocycles. The van der Waals surface area contributed by atoms with Crippen LogP contribution in [0, 0.1) is 13.8 Å². The minimum atomic E-state index is -0.226. The van der Waals surface area contributed by atoms with Crippen molar-refractivity contribution in [1.29, 1.82) is 0 Å². The number of ether oxygens (including phenoxy) is 1. The molecule has 1 aromatic heterocycles. The maximum atomic E-state index is 13.1. The number of amides is 2. The number of hydrogen-bond donors (Lipinski definition) is 1. The Morgan fingerprint density at radius 1 is 1.36 bits per heavy atom. The van der Waals surface area contributed by atoms with Gasteiger partial charge in [-0.1, -0.05) is 23.5 Å². The van der Waals surface area contributed by atoms with Crippen LogP contribution in [-0.2, 0) is 16.0 Å². The summed E-state index contributed by atoms with van der Waals surface area (Å²) in [4.78, 5) is 27.9. The Labute approximate surface area is 169 Å². The molecule has 3 rings (SSSR count). The molecule has 1 aliphatic rings. The highest BCUT2D eigenvalue weighted by Crippen LogP contribution is 2.20. The maximum absolute atomic E-state index is 13.1. The first-order valence-electron chi connectivity index (χ1n) is 9.57. The predicted molar refractivity (Wildman–Crippen MR) is 109 cm³/mol. The SMILES string of the molecule is CCc1nnsc1C(=O)N(CC(=O)Nc1cccc(C)c1C)CC1CCCO1. The quantitative estimate of drug-likeness (QED) is 0.770. The van der Waals surface area contributed by atoms with Gasteiger partial charge in [0, 0.05) is 18.8 Å². The highest BCUT2D eigenvalue weighted by molar-refractivity contribution is 7.08. The molecule has 1 atom stereocenters. The lowest BCUT2D eigenvalue weighted by Crippen LogP contribution is -2.42. The number of carbonyl (C=O) groups excluding carboxylic acids is 2. The zero-order valence-corrected chi connectivity index (χ0v) is 17.3. The molecule has 0 radical (unpaired) electrons. The van der Waals surface area contributed by atoms with Gasteiger partial charge < -0.3 is 15.0 Å². The van der Waals surface area contributed by atoms with Gasteiger partial charge >= 0.3 is 0 Å². The molecule has 0 bridgehead atoms. The lowest BCUT2D eigenvalue weighted by atomic mass is 10.1. The van der Waals surface area contributed by atoms with Crippen molar-refractivity contribution in [1.82, 2.24) is 14.5 Å². The summed E-state index contributed by atoms with van der Waals surface area (Å²) < 4.78 is 9.60. The minimum absolute atomic E-state index is 0.0346. The van der Waals surface area contributed by atoms with E-state index < -0.39 is 0 Å². The van der Waals surface area contributed by atoms with Gasteiger partial charge in [-0.3, -0.25) is 9.59 Å². The van der Waals surface area contributed by atoms with Gasteiger partial charge in [0.1, 0.15) is 11.4 Å². The largest absolute Gasteiger partial charge is 0.376 e. The number of nitrogens with zero attached hydrogens (tertiary/aromatic N) is 3. The number of anilines is 1. The lowest BCUT2D eigenvalue weighted by Gasteiger charge is -2.25. The fraction of sp³-hybridized carbons (Fsp3) is 0.500. The summed E-state index contributed by atoms with van der Waals surface area (Å²) in [5.41, 5.74) is 3.56. The summed E-state index contributed by atoms with van der Waals surface area (Å²) in [5.74, 6) is -0.436. The van der Waals surface area contributed by atoms with Crippen LogP contribution in [-0.4, -0.2) is 52.1 Å². The van der Waals surface area contributed by atoms with Crippen molar-refractivity contribution in [3.05, 3.63) is 39.9 Å². The molecule has 1 aliphatic heterocycles. The van der Waals surface area contributed by atoms with Gasteiger partial charge in [0.25, 0.3) is 5.91 Å². The molecule has 7 nitrogen and oxygen atoms in total. The fourth-order valence-corrected chi connectivity index (χ4v) is 3.97. The van der Waals surface area contributed by atoms with E-state index in [1.807, 2.05) is 39.0 Å². The van der Waals surface area contributed by atoms with Gasteiger partial charge in [0.15, 0.2) is 0 Å². The van der Waals surface area contributed by atoms with Crippen LogP contribution in [0.15, 0.2) is 18.2 Å². The second-order valence-electron chi connectivity index (χ2n) is 7.02. The molecule has 0 spiro atoms. The van der Waals surface area contributed by atoms with Crippen LogP contribution in [0.25, 0.3) is 0 Å². The summed E-state index contributed by atoms with van der Waals surface area (Å²) in [6, 6.07) is 5.78. The van der Waals surface area contributed by atoms with Crippen LogP contribution in [0.5, 0.6) is 0 Å². The number of hydrogen-bond acceptors (Lipinski definition) is 6. The highest BCUT2D eigenvalue weighted by Gasteiger charge is 2.28. The van der Waals surface area contributed by atoms with E-state index in [-0.39, 0.29) is 24.5 Å². The predicted octanol–water partition coefficient (Wildman–Crippen LogP) is 2.98. The first-order chi connectivity index (χ1) is 13.5. The summed E-state index contributed by atoms with van der Waals surface area (Å²) in [7, 11) is 0. The van der Waals surface area contributed by atoms with E-state index in [4.69, 9.17) is 4.74 Å². The molecule has 150 valence electrons. The van der Waals surface area contributed by atoms with Crippen molar-refractivity contribution in [2.75, 3.05) is 25.0 Å². The number of aryl methyl sites for hydroxylation is 2. The fourth-order valence-electron chi connectivity index (χ4n) is 3.25. The number of rotatable bonds is 7. The summed E-state index contributed by atoms with van der Waals surface area (Å²) in [6.07, 6.45) is 2.46. The highest BCUT2D eigenvalue weighted by atomic mass is 32.1. The minimum Gasteiger partial charge on any atom is -0.376 e. The molecule has 1 unspecified atom stereocenters. The molecule has 1 saturated heterocycles. The van der Waals surface area contributed by atoms with E-state index >= 15 is 0 Å². The zero-order chi connectivity index (χ0) is 20.1. The Balaban J connectivity index is 1.75. The molecule has 2 amide bonds. The Bertz CT molecular complexity index is 846. The van der Waals surface area contributed by atoms with Crippen LogP contribution in [0.2, 0.25) is 0 Å². The van der Waals surface area contributed by atoms with E-state index in [9.17, 15) is 9.59 Å². The third-order valence-corrected chi connectivity index (χ3v) is 5.79. The molecule has 2 aromatic rings. The third kappa shape index (κ3) is 4.74. The van der Waals surface area contributed by atoms with Gasteiger partial charge in [-0.15, -0.1) is 5.10 Å². The van der Waals surface area contributed by atoms with E-state index in [0.717, 1.165) is 41.2 Å². The monoisotopic (exact) mass is 402 g/mol. The van der Waals surface area contributed by atoms with Gasteiger partial charge in [0.05, 0.1) is 11.8 Å². The molecule has 1 fully saturated rings. The average Bonchev–Trinajstić information content (AvgIpc) is 3.35. The second kappa shape index (κ2) is 9.25. The van der Waals surface area contributed by atoms with Crippen LogP contribution < -0.4 is 5.32 Å². The normalized spacial score (nSPS) is 16.2. The van der Waals surface area contributed by atoms with Crippen molar-refractivity contribution in [3.8, 4) is 0 Å². The maximum Gasteiger partial charge on any atom is 0.268 e. The van der Waals surface area contributed by atoms with Gasteiger partial charge in [-0.25, -0.2) is 0 Å². The third-order valence-electron chi connectivity index (χ3n) is 5.03. The van der Waals surface area contributed by atoms with Crippen molar-refractivity contribution in [2.24, 2.45) is 0 Å². The lowest BCUT2D eigenvalue weighted by molar-refractivity contribution is -0.117. The summed E-state index contributed by atoms with van der Waals surface area (Å²) >= 11 is 1.08. The first-order valence-corrected chi connectivity index (χ1v) is 10.3. The van der Waals surface area contributed by atoms with Crippen LogP contribution >= 0.6 is 11.5 Å². The number of nitrogens with one attached hydrogen (secondary N) is 1. The van der Waals surface area contributed by atoms with Crippen molar-refractivity contribution >= 4 is 29.0 Å². The standard InChI is InChI=1S/C20H26N4O3S/c1-4-16-19(28-23-22-16)20(26)24(11-15-8-6-10-27-15)12-18(25)21-17-9-5-7-13(2)14(17)3/h5,7,9,15H,4,6,8,10-12H2,1-3H3,(H,21,25). The molecule has 1 aromatic carbocycles. The smallest absolute Gasteiger partial charge is 0.268 e. The van der Waals surface area contributed by atoms with Crippen LogP contribution in [0.3, 0.4) is 0 Å².